The number of halogens is 3. The Morgan fingerprint density at radius 1 is 1.56 bits per heavy atom. The van der Waals surface area contributed by atoms with Gasteiger partial charge in [-0.25, -0.2) is 4.39 Å². The van der Waals surface area contributed by atoms with Crippen molar-refractivity contribution in [1.29, 1.82) is 0 Å². The molecule has 2 rings (SSSR count). The van der Waals surface area contributed by atoms with Crippen molar-refractivity contribution in [2.24, 2.45) is 5.92 Å². The van der Waals surface area contributed by atoms with Crippen molar-refractivity contribution in [3.63, 3.8) is 0 Å². The molecule has 2 nitrogen and oxygen atoms in total. The van der Waals surface area contributed by atoms with Gasteiger partial charge in [-0.05, 0) is 40.4 Å². The minimum atomic E-state index is -0.507. The molecular weight excluding hydrogens is 321 g/mol. The summed E-state index contributed by atoms with van der Waals surface area (Å²) in [6, 6.07) is 4.74. The first-order valence-corrected chi connectivity index (χ1v) is 7.11. The van der Waals surface area contributed by atoms with Gasteiger partial charge in [0, 0.05) is 13.1 Å². The minimum Gasteiger partial charge on any atom is -0.337 e. The molecule has 0 spiro atoms. The molecule has 18 heavy (non-hydrogen) atoms. The number of alkyl halides is 1. The molecule has 0 aliphatic carbocycles. The van der Waals surface area contributed by atoms with E-state index in [1.807, 2.05) is 0 Å². The fourth-order valence-electron chi connectivity index (χ4n) is 2.05. The molecule has 0 aromatic heterocycles. The normalized spacial score (nSPS) is 24.1. The summed E-state index contributed by atoms with van der Waals surface area (Å²) in [5, 5.41) is -0.0575. The predicted molar refractivity (Wildman–Crippen MR) is 73.4 cm³/mol. The summed E-state index contributed by atoms with van der Waals surface area (Å²) in [5.41, 5.74) is 0.0998. The number of hydrogen-bond acceptors (Lipinski definition) is 1. The SMILES string of the molecule is CC1CCN(C(=O)c2cccc(Br)c2F)CC1Cl. The van der Waals surface area contributed by atoms with Gasteiger partial charge in [0.25, 0.3) is 5.91 Å². The zero-order valence-electron chi connectivity index (χ0n) is 10.00. The lowest BCUT2D eigenvalue weighted by Crippen LogP contribution is -2.44. The Balaban J connectivity index is 2.19. The number of rotatable bonds is 1. The van der Waals surface area contributed by atoms with E-state index in [4.69, 9.17) is 11.6 Å². The zero-order valence-corrected chi connectivity index (χ0v) is 12.3. The molecule has 1 saturated heterocycles. The lowest BCUT2D eigenvalue weighted by Gasteiger charge is -2.34. The summed E-state index contributed by atoms with van der Waals surface area (Å²) in [6.45, 7) is 3.18. The van der Waals surface area contributed by atoms with Gasteiger partial charge in [0.2, 0.25) is 0 Å². The van der Waals surface area contributed by atoms with Crippen molar-refractivity contribution in [2.45, 2.75) is 18.7 Å². The van der Waals surface area contributed by atoms with Gasteiger partial charge in [-0.1, -0.05) is 13.0 Å². The Labute approximate surface area is 119 Å². The summed E-state index contributed by atoms with van der Waals surface area (Å²) >= 11 is 9.26. The van der Waals surface area contributed by atoms with Gasteiger partial charge in [-0.2, -0.15) is 0 Å². The van der Waals surface area contributed by atoms with Crippen molar-refractivity contribution in [2.75, 3.05) is 13.1 Å². The van der Waals surface area contributed by atoms with E-state index in [1.54, 1.807) is 17.0 Å². The second kappa shape index (κ2) is 5.57. The van der Waals surface area contributed by atoms with E-state index in [9.17, 15) is 9.18 Å². The Bertz CT molecular complexity index is 468. The van der Waals surface area contributed by atoms with Crippen molar-refractivity contribution in [1.82, 2.24) is 4.90 Å². The van der Waals surface area contributed by atoms with Crippen LogP contribution in [0.5, 0.6) is 0 Å². The number of carbonyl (C=O) groups excluding carboxylic acids is 1. The molecule has 98 valence electrons. The average molecular weight is 335 g/mol. The largest absolute Gasteiger partial charge is 0.337 e. The van der Waals surface area contributed by atoms with Crippen LogP contribution in [-0.2, 0) is 0 Å². The van der Waals surface area contributed by atoms with E-state index in [2.05, 4.69) is 22.9 Å². The van der Waals surface area contributed by atoms with Crippen LogP contribution < -0.4 is 0 Å². The van der Waals surface area contributed by atoms with Gasteiger partial charge >= 0.3 is 0 Å². The maximum absolute atomic E-state index is 13.9. The number of likely N-dealkylation sites (tertiary alicyclic amines) is 1. The number of piperidine rings is 1. The van der Waals surface area contributed by atoms with Crippen LogP contribution in [-0.4, -0.2) is 29.3 Å². The first-order chi connectivity index (χ1) is 8.50. The molecule has 0 bridgehead atoms. The van der Waals surface area contributed by atoms with Gasteiger partial charge in [0.1, 0.15) is 5.82 Å². The topological polar surface area (TPSA) is 20.3 Å². The first kappa shape index (κ1) is 13.8. The van der Waals surface area contributed by atoms with Crippen LogP contribution >= 0.6 is 27.5 Å². The molecule has 1 amide bonds. The summed E-state index contributed by atoms with van der Waals surface area (Å²) in [4.78, 5) is 13.9. The highest BCUT2D eigenvalue weighted by molar-refractivity contribution is 9.10. The van der Waals surface area contributed by atoms with Crippen molar-refractivity contribution in [3.8, 4) is 0 Å². The smallest absolute Gasteiger partial charge is 0.256 e. The molecule has 1 aliphatic heterocycles. The molecule has 5 heteroatoms. The molecule has 0 saturated carbocycles. The number of benzene rings is 1. The third-order valence-corrected chi connectivity index (χ3v) is 4.52. The summed E-state index contributed by atoms with van der Waals surface area (Å²) in [5.74, 6) is -0.401. The molecule has 1 aliphatic rings. The van der Waals surface area contributed by atoms with Crippen LogP contribution in [0.15, 0.2) is 22.7 Å². The standard InChI is InChI=1S/C13H14BrClFNO/c1-8-5-6-17(7-11(8)15)13(18)9-3-2-4-10(14)12(9)16/h2-4,8,11H,5-7H2,1H3. The lowest BCUT2D eigenvalue weighted by molar-refractivity contribution is 0.0696. The Kier molecular flexibility index (Phi) is 4.28. The molecular formula is C13H14BrClFNO. The Hall–Kier alpha value is -0.610. The van der Waals surface area contributed by atoms with E-state index in [0.717, 1.165) is 6.42 Å². The second-order valence-electron chi connectivity index (χ2n) is 4.63. The van der Waals surface area contributed by atoms with Crippen molar-refractivity contribution in [3.05, 3.63) is 34.1 Å². The fourth-order valence-corrected chi connectivity index (χ4v) is 2.70. The monoisotopic (exact) mass is 333 g/mol. The molecule has 1 fully saturated rings. The third-order valence-electron chi connectivity index (χ3n) is 3.34. The predicted octanol–water partition coefficient (Wildman–Crippen LogP) is 3.68. The molecule has 0 N–H and O–H groups in total. The van der Waals surface area contributed by atoms with E-state index in [0.29, 0.717) is 23.5 Å². The third kappa shape index (κ3) is 2.69. The first-order valence-electron chi connectivity index (χ1n) is 5.88. The highest BCUT2D eigenvalue weighted by Crippen LogP contribution is 2.25. The molecule has 1 aromatic carbocycles. The Morgan fingerprint density at radius 3 is 2.94 bits per heavy atom. The van der Waals surface area contributed by atoms with Crippen molar-refractivity contribution >= 4 is 33.4 Å². The van der Waals surface area contributed by atoms with E-state index >= 15 is 0 Å². The van der Waals surface area contributed by atoms with Crippen molar-refractivity contribution < 1.29 is 9.18 Å². The summed E-state index contributed by atoms with van der Waals surface area (Å²) < 4.78 is 14.2. The van der Waals surface area contributed by atoms with Gasteiger partial charge in [0.15, 0.2) is 0 Å². The van der Waals surface area contributed by atoms with Crippen LogP contribution in [0.25, 0.3) is 0 Å². The highest BCUT2D eigenvalue weighted by Gasteiger charge is 2.29. The van der Waals surface area contributed by atoms with Crippen LogP contribution in [0.4, 0.5) is 4.39 Å². The maximum atomic E-state index is 13.9. The van der Waals surface area contributed by atoms with Crippen LogP contribution in [0.2, 0.25) is 0 Å². The molecule has 1 heterocycles. The highest BCUT2D eigenvalue weighted by atomic mass is 79.9. The van der Waals surface area contributed by atoms with Gasteiger partial charge in [0.05, 0.1) is 15.4 Å². The van der Waals surface area contributed by atoms with Crippen LogP contribution in [0.1, 0.15) is 23.7 Å². The fraction of sp³-hybridized carbons (Fsp3) is 0.462. The van der Waals surface area contributed by atoms with E-state index in [1.165, 1.54) is 6.07 Å². The van der Waals surface area contributed by atoms with E-state index < -0.39 is 5.82 Å². The zero-order chi connectivity index (χ0) is 13.3. The molecule has 2 unspecified atom stereocenters. The van der Waals surface area contributed by atoms with Gasteiger partial charge < -0.3 is 4.90 Å². The minimum absolute atomic E-state index is 0.0575. The van der Waals surface area contributed by atoms with Crippen LogP contribution in [0, 0.1) is 11.7 Å². The lowest BCUT2D eigenvalue weighted by atomic mass is 9.98. The van der Waals surface area contributed by atoms with Gasteiger partial charge in [-0.3, -0.25) is 4.79 Å². The van der Waals surface area contributed by atoms with Crippen LogP contribution in [0.3, 0.4) is 0 Å². The molecule has 1 aromatic rings. The summed E-state index contributed by atoms with van der Waals surface area (Å²) in [7, 11) is 0. The quantitative estimate of drug-likeness (QED) is 0.718. The number of carbonyl (C=O) groups is 1. The second-order valence-corrected chi connectivity index (χ2v) is 6.05. The average Bonchev–Trinajstić information content (AvgIpc) is 2.35. The molecule has 0 radical (unpaired) electrons. The number of hydrogen-bond donors (Lipinski definition) is 0. The number of amides is 1. The Morgan fingerprint density at radius 2 is 2.28 bits per heavy atom. The number of nitrogens with zero attached hydrogens (tertiary/aromatic N) is 1. The maximum Gasteiger partial charge on any atom is 0.256 e. The summed E-state index contributed by atoms with van der Waals surface area (Å²) in [6.07, 6.45) is 0.857. The van der Waals surface area contributed by atoms with Gasteiger partial charge in [-0.15, -0.1) is 11.6 Å². The van der Waals surface area contributed by atoms with E-state index in [-0.39, 0.29) is 16.8 Å². The molecule has 2 atom stereocenters.